The Labute approximate surface area is 166 Å². The van der Waals surface area contributed by atoms with Gasteiger partial charge in [0.15, 0.2) is 0 Å². The van der Waals surface area contributed by atoms with Crippen LogP contribution >= 0.6 is 11.6 Å². The van der Waals surface area contributed by atoms with Crippen LogP contribution in [0.2, 0.25) is 5.02 Å². The zero-order valence-electron chi connectivity index (χ0n) is 15.4. The lowest BCUT2D eigenvalue weighted by molar-refractivity contribution is -0.137. The Kier molecular flexibility index (Phi) is 6.95. The number of carbonyl (C=O) groups is 1. The molecule has 2 aliphatic rings. The lowest BCUT2D eigenvalue weighted by Crippen LogP contribution is -2.47. The van der Waals surface area contributed by atoms with Gasteiger partial charge in [-0.2, -0.15) is 0 Å². The fourth-order valence-corrected chi connectivity index (χ4v) is 5.08. The number of nitrogens with one attached hydrogen (secondary N) is 1. The number of hydrogen-bond acceptors (Lipinski definition) is 3. The highest BCUT2D eigenvalue weighted by molar-refractivity contribution is 7.92. The molecule has 1 saturated heterocycles. The number of amides is 1. The van der Waals surface area contributed by atoms with Crippen molar-refractivity contribution < 1.29 is 13.2 Å². The molecule has 1 aromatic carbocycles. The molecular formula is C20H27ClN2O3S. The van der Waals surface area contributed by atoms with Gasteiger partial charge in [0.2, 0.25) is 15.9 Å². The summed E-state index contributed by atoms with van der Waals surface area (Å²) in [5, 5.41) is 1.80. The average molecular weight is 411 g/mol. The molecular weight excluding hydrogens is 384 g/mol. The van der Waals surface area contributed by atoms with Gasteiger partial charge < -0.3 is 4.90 Å². The summed E-state index contributed by atoms with van der Waals surface area (Å²) in [5.41, 5.74) is 0.776. The molecule has 2 fully saturated rings. The van der Waals surface area contributed by atoms with Crippen LogP contribution < -0.4 is 4.72 Å². The minimum Gasteiger partial charge on any atom is -0.342 e. The van der Waals surface area contributed by atoms with Gasteiger partial charge in [-0.25, -0.2) is 13.1 Å². The normalized spacial score (nSPS) is 20.3. The van der Waals surface area contributed by atoms with Crippen molar-refractivity contribution in [2.24, 2.45) is 5.92 Å². The second kappa shape index (κ2) is 9.22. The Morgan fingerprint density at radius 1 is 1.04 bits per heavy atom. The number of nitrogens with zero attached hydrogens (tertiary/aromatic N) is 1. The molecule has 0 aromatic heterocycles. The van der Waals surface area contributed by atoms with Gasteiger partial charge in [-0.05, 0) is 49.5 Å². The highest BCUT2D eigenvalue weighted by Gasteiger charge is 2.30. The Balaban J connectivity index is 1.49. The summed E-state index contributed by atoms with van der Waals surface area (Å²) < 4.78 is 27.3. The summed E-state index contributed by atoms with van der Waals surface area (Å²) in [6.45, 7) is 1.26. The van der Waals surface area contributed by atoms with Crippen LogP contribution in [0.15, 0.2) is 29.7 Å². The molecule has 0 radical (unpaired) electrons. The van der Waals surface area contributed by atoms with E-state index in [-0.39, 0.29) is 17.9 Å². The quantitative estimate of drug-likeness (QED) is 0.802. The highest BCUT2D eigenvalue weighted by atomic mass is 35.5. The van der Waals surface area contributed by atoms with Crippen molar-refractivity contribution >= 4 is 33.6 Å². The molecule has 0 spiro atoms. The van der Waals surface area contributed by atoms with E-state index in [1.165, 1.54) is 11.8 Å². The Bertz CT molecular complexity index is 763. The fraction of sp³-hybridized carbons (Fsp3) is 0.550. The highest BCUT2D eigenvalue weighted by Crippen LogP contribution is 2.26. The first-order chi connectivity index (χ1) is 12.9. The summed E-state index contributed by atoms with van der Waals surface area (Å²) in [4.78, 5) is 14.5. The molecule has 0 atom stereocenters. The molecule has 1 heterocycles. The van der Waals surface area contributed by atoms with Gasteiger partial charge in [0, 0.05) is 35.5 Å². The van der Waals surface area contributed by atoms with E-state index >= 15 is 0 Å². The lowest BCUT2D eigenvalue weighted by Gasteiger charge is -2.35. The first-order valence-corrected chi connectivity index (χ1v) is 11.6. The van der Waals surface area contributed by atoms with E-state index in [1.807, 2.05) is 4.90 Å². The van der Waals surface area contributed by atoms with E-state index in [0.29, 0.717) is 31.0 Å². The van der Waals surface area contributed by atoms with Crippen LogP contribution in [0.5, 0.6) is 0 Å². The number of piperidine rings is 1. The predicted molar refractivity (Wildman–Crippen MR) is 109 cm³/mol. The Hall–Kier alpha value is -1.37. The monoisotopic (exact) mass is 410 g/mol. The van der Waals surface area contributed by atoms with E-state index in [9.17, 15) is 13.2 Å². The van der Waals surface area contributed by atoms with Gasteiger partial charge in [0.05, 0.1) is 0 Å². The van der Waals surface area contributed by atoms with E-state index in [0.717, 1.165) is 31.2 Å². The maximum absolute atomic E-state index is 12.6. The van der Waals surface area contributed by atoms with Crippen molar-refractivity contribution in [3.05, 3.63) is 40.3 Å². The van der Waals surface area contributed by atoms with Crippen molar-refractivity contribution in [3.8, 4) is 0 Å². The maximum atomic E-state index is 12.6. The summed E-state index contributed by atoms with van der Waals surface area (Å²) >= 11 is 5.83. The number of halogens is 1. The number of rotatable bonds is 5. The molecule has 0 unspecified atom stereocenters. The molecule has 27 heavy (non-hydrogen) atoms. The minimum absolute atomic E-state index is 0.125. The SMILES string of the molecule is O=C(C1CCCCC1)N1CCC(NS(=O)(=O)/C=C/c2ccc(Cl)cc2)CC1. The number of benzene rings is 1. The summed E-state index contributed by atoms with van der Waals surface area (Å²) in [7, 11) is -3.51. The predicted octanol–water partition coefficient (Wildman–Crippen LogP) is 3.80. The van der Waals surface area contributed by atoms with E-state index in [2.05, 4.69) is 4.72 Å². The Morgan fingerprint density at radius 3 is 2.30 bits per heavy atom. The lowest BCUT2D eigenvalue weighted by atomic mass is 9.87. The second-order valence-corrected chi connectivity index (χ2v) is 9.49. The topological polar surface area (TPSA) is 66.5 Å². The van der Waals surface area contributed by atoms with Crippen LogP contribution in [0.4, 0.5) is 0 Å². The molecule has 1 N–H and O–H groups in total. The van der Waals surface area contributed by atoms with Gasteiger partial charge in [-0.3, -0.25) is 4.79 Å². The molecule has 1 saturated carbocycles. The van der Waals surface area contributed by atoms with Crippen molar-refractivity contribution in [3.63, 3.8) is 0 Å². The van der Waals surface area contributed by atoms with Gasteiger partial charge in [-0.1, -0.05) is 43.0 Å². The third kappa shape index (κ3) is 6.06. The van der Waals surface area contributed by atoms with Crippen molar-refractivity contribution in [2.45, 2.75) is 51.0 Å². The molecule has 3 rings (SSSR count). The van der Waals surface area contributed by atoms with Gasteiger partial charge in [-0.15, -0.1) is 0 Å². The number of carbonyl (C=O) groups excluding carboxylic acids is 1. The molecule has 0 bridgehead atoms. The first-order valence-electron chi connectivity index (χ1n) is 9.68. The van der Waals surface area contributed by atoms with E-state index < -0.39 is 10.0 Å². The second-order valence-electron chi connectivity index (χ2n) is 7.45. The number of likely N-dealkylation sites (tertiary alicyclic amines) is 1. The summed E-state index contributed by atoms with van der Waals surface area (Å²) in [6, 6.07) is 6.86. The van der Waals surface area contributed by atoms with E-state index in [1.54, 1.807) is 30.3 Å². The van der Waals surface area contributed by atoms with Gasteiger partial charge in [0.25, 0.3) is 0 Å². The van der Waals surface area contributed by atoms with Gasteiger partial charge >= 0.3 is 0 Å². The smallest absolute Gasteiger partial charge is 0.233 e. The van der Waals surface area contributed by atoms with Crippen molar-refractivity contribution in [2.75, 3.05) is 13.1 Å². The van der Waals surface area contributed by atoms with Crippen LogP contribution in [0, 0.1) is 5.92 Å². The maximum Gasteiger partial charge on any atom is 0.233 e. The third-order valence-corrected chi connectivity index (χ3v) is 6.81. The third-order valence-electron chi connectivity index (χ3n) is 5.40. The van der Waals surface area contributed by atoms with Crippen LogP contribution in [-0.4, -0.2) is 38.4 Å². The van der Waals surface area contributed by atoms with Crippen LogP contribution in [0.25, 0.3) is 6.08 Å². The molecule has 1 aliphatic heterocycles. The van der Waals surface area contributed by atoms with Crippen LogP contribution in [0.1, 0.15) is 50.5 Å². The zero-order chi connectivity index (χ0) is 19.3. The number of hydrogen-bond donors (Lipinski definition) is 1. The van der Waals surface area contributed by atoms with Crippen molar-refractivity contribution in [1.82, 2.24) is 9.62 Å². The van der Waals surface area contributed by atoms with Crippen LogP contribution in [-0.2, 0) is 14.8 Å². The fourth-order valence-electron chi connectivity index (χ4n) is 3.84. The summed E-state index contributed by atoms with van der Waals surface area (Å²) in [5.74, 6) is 0.438. The van der Waals surface area contributed by atoms with Crippen molar-refractivity contribution in [1.29, 1.82) is 0 Å². The molecule has 5 nitrogen and oxygen atoms in total. The molecule has 1 amide bonds. The number of sulfonamides is 1. The standard InChI is InChI=1S/C20H27ClN2O3S/c21-18-8-6-16(7-9-18)12-15-27(25,26)22-19-10-13-23(14-11-19)20(24)17-4-2-1-3-5-17/h6-9,12,15,17,19,22H,1-5,10-11,13-14H2/b15-12+. The first kappa shape index (κ1) is 20.4. The summed E-state index contributed by atoms with van der Waals surface area (Å²) in [6.07, 6.45) is 8.40. The molecule has 1 aliphatic carbocycles. The average Bonchev–Trinajstić information content (AvgIpc) is 2.68. The minimum atomic E-state index is -3.51. The molecule has 7 heteroatoms. The molecule has 148 valence electrons. The zero-order valence-corrected chi connectivity index (χ0v) is 17.0. The molecule has 1 aromatic rings. The largest absolute Gasteiger partial charge is 0.342 e. The van der Waals surface area contributed by atoms with Crippen LogP contribution in [0.3, 0.4) is 0 Å². The van der Waals surface area contributed by atoms with Gasteiger partial charge in [0.1, 0.15) is 0 Å². The van der Waals surface area contributed by atoms with E-state index in [4.69, 9.17) is 11.6 Å². The Morgan fingerprint density at radius 2 is 1.67 bits per heavy atom.